The van der Waals surface area contributed by atoms with Gasteiger partial charge in [-0.25, -0.2) is 13.1 Å². The van der Waals surface area contributed by atoms with E-state index < -0.39 is 15.6 Å². The highest BCUT2D eigenvalue weighted by molar-refractivity contribution is 7.89. The van der Waals surface area contributed by atoms with E-state index >= 15 is 0 Å². The van der Waals surface area contributed by atoms with Crippen LogP contribution in [0.2, 0.25) is 1.41 Å². The number of hydrogen-bond donors (Lipinski definition) is 2. The molecule has 1 saturated heterocycles. The molecule has 0 radical (unpaired) electrons. The van der Waals surface area contributed by atoms with Crippen molar-refractivity contribution in [1.82, 2.24) is 9.70 Å². The number of nitrogens with one attached hydrogen (secondary N) is 1. The molecule has 9 heteroatoms. The molecule has 1 fully saturated rings. The van der Waals surface area contributed by atoms with Gasteiger partial charge in [0.1, 0.15) is 11.9 Å². The van der Waals surface area contributed by atoms with Crippen LogP contribution in [0.1, 0.15) is 19.3 Å². The van der Waals surface area contributed by atoms with Crippen molar-refractivity contribution in [2.45, 2.75) is 29.8 Å². The van der Waals surface area contributed by atoms with Crippen molar-refractivity contribution in [1.29, 1.82) is 0 Å². The van der Waals surface area contributed by atoms with Crippen LogP contribution in [0, 0.1) is 0 Å². The molecule has 1 aromatic heterocycles. The summed E-state index contributed by atoms with van der Waals surface area (Å²) in [5.41, 5.74) is -0.824. The number of aliphatic hydroxyl groups excluding tert-OH is 1. The number of rotatable bonds is 4. The first-order chi connectivity index (χ1) is 11.5. The molecule has 2 N–H and O–H groups in total. The number of hydrogen-bond acceptors (Lipinski definition) is 7. The fourth-order valence-corrected chi connectivity index (χ4v) is 3.61. The molecular weight excluding hydrogens is 324 g/mol. The third-order valence-electron chi connectivity index (χ3n) is 3.87. The van der Waals surface area contributed by atoms with Gasteiger partial charge in [-0.2, -0.15) is 4.98 Å². The van der Waals surface area contributed by atoms with Gasteiger partial charge in [0.05, 0.1) is 26.4 Å². The number of sulfonamides is 1. The molecule has 128 valence electrons. The lowest BCUT2D eigenvalue weighted by molar-refractivity contribution is -0.0444. The van der Waals surface area contributed by atoms with Crippen LogP contribution in [0.5, 0.6) is 11.8 Å². The van der Waals surface area contributed by atoms with E-state index in [0.717, 1.165) is 0 Å². The Labute approximate surface area is 136 Å². The van der Waals surface area contributed by atoms with Gasteiger partial charge >= 0.3 is 0 Å². The van der Waals surface area contributed by atoms with Crippen LogP contribution in [0.4, 0.5) is 0 Å². The Kier molecular flexibility index (Phi) is 4.34. The van der Waals surface area contributed by atoms with E-state index in [1.165, 1.54) is 12.1 Å². The summed E-state index contributed by atoms with van der Waals surface area (Å²) in [6.45, 7) is 1.06. The average Bonchev–Trinajstić information content (AvgIpc) is 2.62. The lowest BCUT2D eigenvalue weighted by Crippen LogP contribution is -2.49. The topological polar surface area (TPSA) is 107 Å². The Balaban J connectivity index is 1.96. The Hall–Kier alpha value is -1.42. The van der Waals surface area contributed by atoms with Crippen molar-refractivity contribution in [3.05, 3.63) is 12.1 Å². The molecule has 2 aliphatic rings. The minimum atomic E-state index is -4.00. The Morgan fingerprint density at radius 2 is 2.22 bits per heavy atom. The summed E-state index contributed by atoms with van der Waals surface area (Å²) in [6.07, 6.45) is 1.41. The summed E-state index contributed by atoms with van der Waals surface area (Å²) in [5, 5.41) is 8.79. The van der Waals surface area contributed by atoms with Crippen LogP contribution in [-0.2, 0) is 14.8 Å². The third kappa shape index (κ3) is 3.57. The predicted molar refractivity (Wildman–Crippen MR) is 80.0 cm³/mol. The molecule has 0 bridgehead atoms. The van der Waals surface area contributed by atoms with Crippen LogP contribution in [0.3, 0.4) is 0 Å². The number of ether oxygens (including phenoxy) is 3. The van der Waals surface area contributed by atoms with E-state index in [-0.39, 0.29) is 36.4 Å². The van der Waals surface area contributed by atoms with E-state index in [0.29, 0.717) is 37.2 Å². The van der Waals surface area contributed by atoms with Gasteiger partial charge in [-0.1, -0.05) is 0 Å². The van der Waals surface area contributed by atoms with Gasteiger partial charge in [0.15, 0.2) is 0 Å². The first-order valence-corrected chi connectivity index (χ1v) is 8.94. The van der Waals surface area contributed by atoms with Gasteiger partial charge in [0, 0.05) is 31.9 Å². The maximum atomic E-state index is 12.5. The minimum Gasteiger partial charge on any atom is -0.477 e. The molecule has 1 spiro atoms. The molecule has 0 unspecified atom stereocenters. The summed E-state index contributed by atoms with van der Waals surface area (Å²) in [4.78, 5) is 4.03. The zero-order chi connectivity index (χ0) is 17.2. The molecule has 0 aromatic carbocycles. The smallest absolute Gasteiger partial charge is 0.246 e. The SMILES string of the molecule is [2H]N1CC2(CCOCC2)Oc2nc(OCCCO)ccc2S1(=O)=O. The molecule has 1 aromatic rings. The van der Waals surface area contributed by atoms with Crippen LogP contribution >= 0.6 is 0 Å². The normalized spacial score (nSPS) is 23.4. The Bertz CT molecular complexity index is 693. The standard InChI is InChI=1S/C14H20N2O6S/c17-6-1-7-21-12-3-2-11-13(16-12)22-14(4-8-20-9-5-14)10-15-23(11,18)19/h2-3,15,17H,1,4-10H2/i/hD. The van der Waals surface area contributed by atoms with E-state index in [4.69, 9.17) is 20.7 Å². The molecule has 0 amide bonds. The first-order valence-electron chi connectivity index (χ1n) is 7.95. The van der Waals surface area contributed by atoms with Gasteiger partial charge in [-0.05, 0) is 6.07 Å². The maximum Gasteiger partial charge on any atom is 0.246 e. The number of pyridine rings is 1. The largest absolute Gasteiger partial charge is 0.477 e. The third-order valence-corrected chi connectivity index (χ3v) is 5.21. The van der Waals surface area contributed by atoms with Crippen LogP contribution in [-0.4, -0.2) is 57.1 Å². The van der Waals surface area contributed by atoms with Gasteiger partial charge in [-0.15, -0.1) is 0 Å². The van der Waals surface area contributed by atoms with E-state index in [2.05, 4.69) is 4.98 Å². The molecule has 3 rings (SSSR count). The van der Waals surface area contributed by atoms with Gasteiger partial charge in [0.2, 0.25) is 21.8 Å². The van der Waals surface area contributed by atoms with E-state index in [9.17, 15) is 8.42 Å². The van der Waals surface area contributed by atoms with Gasteiger partial charge < -0.3 is 19.3 Å². The zero-order valence-electron chi connectivity index (χ0n) is 13.6. The number of nitrogens with zero attached hydrogens (tertiary/aromatic N) is 1. The highest BCUT2D eigenvalue weighted by atomic mass is 32.2. The number of aromatic nitrogens is 1. The molecule has 0 saturated carbocycles. The monoisotopic (exact) mass is 345 g/mol. The molecule has 8 nitrogen and oxygen atoms in total. The van der Waals surface area contributed by atoms with Crippen LogP contribution in [0.25, 0.3) is 0 Å². The molecular formula is C14H20N2O6S. The number of fused-ring (bicyclic) bond motifs is 1. The summed E-state index contributed by atoms with van der Waals surface area (Å²) >= 11 is 0. The second kappa shape index (κ2) is 6.60. The average molecular weight is 345 g/mol. The lowest BCUT2D eigenvalue weighted by Gasteiger charge is -2.35. The maximum absolute atomic E-state index is 12.5. The second-order valence-electron chi connectivity index (χ2n) is 5.54. The molecule has 3 heterocycles. The molecule has 2 aliphatic heterocycles. The highest BCUT2D eigenvalue weighted by Gasteiger charge is 2.41. The number of aliphatic hydroxyl groups is 1. The molecule has 0 aliphatic carbocycles. The van der Waals surface area contributed by atoms with Crippen molar-refractivity contribution >= 4 is 10.0 Å². The highest BCUT2D eigenvalue weighted by Crippen LogP contribution is 2.34. The summed E-state index contributed by atoms with van der Waals surface area (Å²) in [6, 6.07) is 2.76. The Morgan fingerprint density at radius 3 is 2.96 bits per heavy atom. The summed E-state index contributed by atoms with van der Waals surface area (Å²) in [7, 11) is -4.00. The first kappa shape index (κ1) is 15.1. The summed E-state index contributed by atoms with van der Waals surface area (Å²) < 4.78 is 50.3. The van der Waals surface area contributed by atoms with E-state index in [1.54, 1.807) is 0 Å². The fraction of sp³-hybridized carbons (Fsp3) is 0.643. The van der Waals surface area contributed by atoms with Crippen molar-refractivity contribution in [3.63, 3.8) is 0 Å². The lowest BCUT2D eigenvalue weighted by atomic mass is 9.94. The predicted octanol–water partition coefficient (Wildman–Crippen LogP) is 0.0627. The molecule has 23 heavy (non-hydrogen) atoms. The van der Waals surface area contributed by atoms with Crippen molar-refractivity contribution < 1.29 is 29.1 Å². The van der Waals surface area contributed by atoms with Crippen LogP contribution in [0.15, 0.2) is 17.0 Å². The van der Waals surface area contributed by atoms with Crippen molar-refractivity contribution in [3.8, 4) is 11.8 Å². The Morgan fingerprint density at radius 1 is 1.43 bits per heavy atom. The van der Waals surface area contributed by atoms with Crippen LogP contribution < -0.4 is 14.2 Å². The van der Waals surface area contributed by atoms with Crippen molar-refractivity contribution in [2.75, 3.05) is 33.0 Å². The fourth-order valence-electron chi connectivity index (χ4n) is 2.51. The quantitative estimate of drug-likeness (QED) is 0.743. The van der Waals surface area contributed by atoms with Gasteiger partial charge in [-0.3, -0.25) is 0 Å². The molecule has 0 atom stereocenters. The van der Waals surface area contributed by atoms with Crippen molar-refractivity contribution in [2.24, 2.45) is 0 Å². The van der Waals surface area contributed by atoms with Gasteiger partial charge in [0.25, 0.3) is 0 Å². The summed E-state index contributed by atoms with van der Waals surface area (Å²) in [5.74, 6) is 0.172. The van der Waals surface area contributed by atoms with E-state index in [1.807, 2.05) is 0 Å². The second-order valence-corrected chi connectivity index (χ2v) is 7.19. The minimum absolute atomic E-state index is 0.00721. The zero-order valence-corrected chi connectivity index (χ0v) is 13.4.